The lowest BCUT2D eigenvalue weighted by Gasteiger charge is -2.22. The number of phenols is 1. The van der Waals surface area contributed by atoms with Crippen molar-refractivity contribution in [2.75, 3.05) is 0 Å². The van der Waals surface area contributed by atoms with E-state index in [9.17, 15) is 14.7 Å². The van der Waals surface area contributed by atoms with Crippen molar-refractivity contribution in [1.82, 2.24) is 0 Å². The van der Waals surface area contributed by atoms with Crippen molar-refractivity contribution >= 4 is 16.9 Å². The summed E-state index contributed by atoms with van der Waals surface area (Å²) < 4.78 is 10.7. The molecule has 0 aliphatic heterocycles. The Balaban J connectivity index is 1.86. The fourth-order valence-electron chi connectivity index (χ4n) is 3.17. The zero-order valence-corrected chi connectivity index (χ0v) is 15.3. The summed E-state index contributed by atoms with van der Waals surface area (Å²) in [6.07, 6.45) is 0.839. The molecule has 0 radical (unpaired) electrons. The Labute approximate surface area is 157 Å². The molecule has 0 aliphatic carbocycles. The van der Waals surface area contributed by atoms with Gasteiger partial charge >= 0.3 is 11.6 Å². The number of hydrogen-bond acceptors (Lipinski definition) is 5. The average Bonchev–Trinajstić information content (AvgIpc) is 2.66. The predicted octanol–water partition coefficient (Wildman–Crippen LogP) is 4.37. The molecule has 0 fully saturated rings. The minimum atomic E-state index is -0.555. The highest BCUT2D eigenvalue weighted by atomic mass is 16.5. The number of fused-ring (bicyclic) bond motifs is 1. The third-order valence-electron chi connectivity index (χ3n) is 4.81. The van der Waals surface area contributed by atoms with Crippen LogP contribution >= 0.6 is 0 Å². The van der Waals surface area contributed by atoms with E-state index in [1.807, 2.05) is 44.2 Å². The molecular weight excluding hydrogens is 344 g/mol. The van der Waals surface area contributed by atoms with Crippen LogP contribution in [0.4, 0.5) is 0 Å². The zero-order valence-electron chi connectivity index (χ0n) is 15.3. The first kappa shape index (κ1) is 18.7. The second-order valence-electron chi connectivity index (χ2n) is 6.65. The summed E-state index contributed by atoms with van der Waals surface area (Å²) in [5.74, 6) is -0.572. The summed E-state index contributed by atoms with van der Waals surface area (Å²) >= 11 is 0. The third-order valence-corrected chi connectivity index (χ3v) is 4.81. The van der Waals surface area contributed by atoms with Crippen LogP contribution in [0.1, 0.15) is 37.3 Å². The molecule has 1 heterocycles. The molecular formula is C22H22O5. The van der Waals surface area contributed by atoms with Crippen LogP contribution in [0, 0.1) is 5.92 Å². The van der Waals surface area contributed by atoms with Crippen LogP contribution in [0.2, 0.25) is 0 Å². The first-order chi connectivity index (χ1) is 13.0. The van der Waals surface area contributed by atoms with E-state index in [1.165, 1.54) is 18.2 Å². The average molecular weight is 366 g/mol. The number of benzene rings is 2. The maximum absolute atomic E-state index is 12.8. The van der Waals surface area contributed by atoms with Gasteiger partial charge < -0.3 is 14.3 Å². The van der Waals surface area contributed by atoms with Gasteiger partial charge in [-0.25, -0.2) is 4.79 Å². The topological polar surface area (TPSA) is 76.7 Å². The number of phenolic OH excluding ortho intramolecular Hbond substituents is 1. The molecule has 0 unspecified atom stereocenters. The van der Waals surface area contributed by atoms with Crippen molar-refractivity contribution in [2.45, 2.75) is 32.8 Å². The van der Waals surface area contributed by atoms with Crippen LogP contribution in [0.5, 0.6) is 5.75 Å². The molecule has 1 N–H and O–H groups in total. The van der Waals surface area contributed by atoms with Crippen LogP contribution in [0.3, 0.4) is 0 Å². The molecule has 2 atom stereocenters. The van der Waals surface area contributed by atoms with E-state index < -0.39 is 5.63 Å². The molecule has 0 saturated carbocycles. The largest absolute Gasteiger partial charge is 0.508 e. The minimum Gasteiger partial charge on any atom is -0.508 e. The van der Waals surface area contributed by atoms with Crippen molar-refractivity contribution in [3.63, 3.8) is 0 Å². The monoisotopic (exact) mass is 366 g/mol. The van der Waals surface area contributed by atoms with Crippen molar-refractivity contribution in [1.29, 1.82) is 0 Å². The van der Waals surface area contributed by atoms with Gasteiger partial charge in [0.05, 0.1) is 5.92 Å². The van der Waals surface area contributed by atoms with Gasteiger partial charge in [0.25, 0.3) is 0 Å². The second kappa shape index (κ2) is 8.08. The number of hydrogen-bond donors (Lipinski definition) is 1. The summed E-state index contributed by atoms with van der Waals surface area (Å²) in [6.45, 7) is 4.02. The summed E-state index contributed by atoms with van der Waals surface area (Å²) in [5.41, 5.74) is 1.17. The molecule has 5 nitrogen and oxygen atoms in total. The lowest BCUT2D eigenvalue weighted by molar-refractivity contribution is -0.148. The van der Waals surface area contributed by atoms with Gasteiger partial charge in [-0.1, -0.05) is 50.6 Å². The Morgan fingerprint density at radius 2 is 1.89 bits per heavy atom. The Hall–Kier alpha value is -3.08. The van der Waals surface area contributed by atoms with Crippen LogP contribution in [-0.2, 0) is 16.1 Å². The molecule has 3 aromatic rings. The van der Waals surface area contributed by atoms with Gasteiger partial charge in [-0.2, -0.15) is 0 Å². The standard InChI is InChI=1S/C22H22O5/c1-3-14(2)21(15-7-5-4-6-8-15)22(25)26-13-16-11-20(24)27-19-12-17(23)9-10-18(16)19/h4-12,14,21,23H,3,13H2,1-2H3/t14-,21+/m0/s1. The number of carbonyl (C=O) groups is 1. The number of esters is 1. The molecule has 27 heavy (non-hydrogen) atoms. The van der Waals surface area contributed by atoms with Crippen molar-refractivity contribution in [3.8, 4) is 5.75 Å². The first-order valence-corrected chi connectivity index (χ1v) is 8.97. The lowest BCUT2D eigenvalue weighted by atomic mass is 9.85. The van der Waals surface area contributed by atoms with E-state index in [0.29, 0.717) is 10.9 Å². The van der Waals surface area contributed by atoms with Gasteiger partial charge in [-0.3, -0.25) is 4.79 Å². The Kier molecular flexibility index (Phi) is 5.60. The fourth-order valence-corrected chi connectivity index (χ4v) is 3.17. The van der Waals surface area contributed by atoms with Crippen LogP contribution in [0.25, 0.3) is 11.0 Å². The molecule has 1 aromatic heterocycles. The molecule has 3 rings (SSSR count). The number of aromatic hydroxyl groups is 1. The number of rotatable bonds is 6. The summed E-state index contributed by atoms with van der Waals surface area (Å²) in [4.78, 5) is 24.6. The SMILES string of the molecule is CC[C@H](C)[C@@H](C(=O)OCc1cc(=O)oc2cc(O)ccc12)c1ccccc1. The third kappa shape index (κ3) is 4.19. The quantitative estimate of drug-likeness (QED) is 0.518. The Morgan fingerprint density at radius 1 is 1.15 bits per heavy atom. The number of carbonyl (C=O) groups excluding carboxylic acids is 1. The van der Waals surface area contributed by atoms with Crippen molar-refractivity contribution in [2.24, 2.45) is 5.92 Å². The summed E-state index contributed by atoms with van der Waals surface area (Å²) in [6, 6.07) is 15.4. The molecule has 0 bridgehead atoms. The minimum absolute atomic E-state index is 0.000655. The van der Waals surface area contributed by atoms with E-state index in [0.717, 1.165) is 12.0 Å². The molecule has 0 aliphatic rings. The molecule has 0 amide bonds. The van der Waals surface area contributed by atoms with Gasteiger partial charge in [0.1, 0.15) is 17.9 Å². The van der Waals surface area contributed by atoms with E-state index in [-0.39, 0.29) is 35.7 Å². The predicted molar refractivity (Wildman–Crippen MR) is 103 cm³/mol. The molecule has 0 spiro atoms. The fraction of sp³-hybridized carbons (Fsp3) is 0.273. The van der Waals surface area contributed by atoms with Gasteiger partial charge in [0.15, 0.2) is 0 Å². The first-order valence-electron chi connectivity index (χ1n) is 8.97. The smallest absolute Gasteiger partial charge is 0.336 e. The van der Waals surface area contributed by atoms with Crippen molar-refractivity contribution in [3.05, 3.63) is 76.1 Å². The van der Waals surface area contributed by atoms with Crippen LogP contribution in [-0.4, -0.2) is 11.1 Å². The van der Waals surface area contributed by atoms with Crippen molar-refractivity contribution < 1.29 is 19.1 Å². The van der Waals surface area contributed by atoms with Gasteiger partial charge in [0, 0.05) is 23.1 Å². The highest BCUT2D eigenvalue weighted by Crippen LogP contribution is 2.29. The molecule has 140 valence electrons. The van der Waals surface area contributed by atoms with E-state index in [2.05, 4.69) is 0 Å². The van der Waals surface area contributed by atoms with Crippen LogP contribution < -0.4 is 5.63 Å². The van der Waals surface area contributed by atoms with E-state index in [4.69, 9.17) is 9.15 Å². The maximum atomic E-state index is 12.8. The normalized spacial score (nSPS) is 13.3. The molecule has 2 aromatic carbocycles. The Bertz CT molecular complexity index is 991. The lowest BCUT2D eigenvalue weighted by Crippen LogP contribution is -2.22. The van der Waals surface area contributed by atoms with Gasteiger partial charge in [-0.05, 0) is 23.6 Å². The van der Waals surface area contributed by atoms with Gasteiger partial charge in [-0.15, -0.1) is 0 Å². The Morgan fingerprint density at radius 3 is 2.59 bits per heavy atom. The second-order valence-corrected chi connectivity index (χ2v) is 6.65. The highest BCUT2D eigenvalue weighted by Gasteiger charge is 2.27. The molecule has 5 heteroatoms. The number of ether oxygens (including phenoxy) is 1. The highest BCUT2D eigenvalue weighted by molar-refractivity contribution is 5.82. The maximum Gasteiger partial charge on any atom is 0.336 e. The van der Waals surface area contributed by atoms with E-state index in [1.54, 1.807) is 6.07 Å². The summed E-state index contributed by atoms with van der Waals surface area (Å²) in [7, 11) is 0. The van der Waals surface area contributed by atoms with E-state index >= 15 is 0 Å². The summed E-state index contributed by atoms with van der Waals surface area (Å²) in [5, 5.41) is 10.2. The van der Waals surface area contributed by atoms with Crippen LogP contribution in [0.15, 0.2) is 63.8 Å². The zero-order chi connectivity index (χ0) is 19.4. The van der Waals surface area contributed by atoms with Gasteiger partial charge in [0.2, 0.25) is 0 Å². The molecule has 0 saturated heterocycles.